The molecule has 1 aromatic carbocycles. The van der Waals surface area contributed by atoms with Crippen molar-refractivity contribution in [3.05, 3.63) is 56.7 Å². The number of carbonyl (C=O) groups is 2. The second-order valence-corrected chi connectivity index (χ2v) is 6.17. The Morgan fingerprint density at radius 3 is 2.36 bits per heavy atom. The molecule has 0 spiro atoms. The Bertz CT molecular complexity index is 682. The van der Waals surface area contributed by atoms with Gasteiger partial charge in [-0.1, -0.05) is 0 Å². The Morgan fingerprint density at radius 1 is 1.18 bits per heavy atom. The van der Waals surface area contributed by atoms with Gasteiger partial charge in [0, 0.05) is 21.3 Å². The van der Waals surface area contributed by atoms with Crippen LogP contribution >= 0.6 is 31.9 Å². The minimum Gasteiger partial charge on any atom is -0.452 e. The highest BCUT2D eigenvalue weighted by Gasteiger charge is 2.13. The summed E-state index contributed by atoms with van der Waals surface area (Å²) in [5.74, 6) is -0.993. The van der Waals surface area contributed by atoms with Crippen molar-refractivity contribution in [1.29, 1.82) is 0 Å². The van der Waals surface area contributed by atoms with Crippen LogP contribution in [-0.2, 0) is 9.53 Å². The summed E-state index contributed by atoms with van der Waals surface area (Å²) in [4.78, 5) is 27.4. The second kappa shape index (κ2) is 7.51. The molecule has 1 amide bonds. The number of amides is 1. The molecule has 2 rings (SSSR count). The third-order valence-corrected chi connectivity index (χ3v) is 3.95. The van der Waals surface area contributed by atoms with Gasteiger partial charge < -0.3 is 10.1 Å². The van der Waals surface area contributed by atoms with E-state index < -0.39 is 11.9 Å². The monoisotopic (exact) mass is 426 g/mol. The van der Waals surface area contributed by atoms with Gasteiger partial charge in [-0.05, 0) is 68.6 Å². The number of hydrogen-bond donors (Lipinski definition) is 1. The molecule has 0 saturated heterocycles. The van der Waals surface area contributed by atoms with Gasteiger partial charge in [0.2, 0.25) is 0 Å². The molecule has 2 aromatic rings. The van der Waals surface area contributed by atoms with Gasteiger partial charge in [-0.2, -0.15) is 0 Å². The highest BCUT2D eigenvalue weighted by Crippen LogP contribution is 2.32. The fourth-order valence-electron chi connectivity index (χ4n) is 1.70. The van der Waals surface area contributed by atoms with Gasteiger partial charge in [0.05, 0.1) is 11.3 Å². The van der Waals surface area contributed by atoms with Gasteiger partial charge in [-0.25, -0.2) is 4.79 Å². The summed E-state index contributed by atoms with van der Waals surface area (Å²) in [6.45, 7) is 1.57. The first kappa shape index (κ1) is 16.6. The van der Waals surface area contributed by atoms with E-state index in [1.165, 1.54) is 24.5 Å². The lowest BCUT2D eigenvalue weighted by Crippen LogP contribution is -2.21. The van der Waals surface area contributed by atoms with E-state index in [0.29, 0.717) is 11.3 Å². The minimum absolute atomic E-state index is 0.348. The van der Waals surface area contributed by atoms with Crippen molar-refractivity contribution < 1.29 is 14.3 Å². The summed E-state index contributed by atoms with van der Waals surface area (Å²) in [7, 11) is 0. The van der Waals surface area contributed by atoms with Gasteiger partial charge >= 0.3 is 5.97 Å². The van der Waals surface area contributed by atoms with E-state index in [-0.39, 0.29) is 6.61 Å². The summed E-state index contributed by atoms with van der Waals surface area (Å²) >= 11 is 6.77. The lowest BCUT2D eigenvalue weighted by Gasteiger charge is -2.11. The zero-order chi connectivity index (χ0) is 16.1. The minimum atomic E-state index is -0.570. The molecule has 0 saturated carbocycles. The van der Waals surface area contributed by atoms with Crippen LogP contribution in [0.1, 0.15) is 15.9 Å². The number of hydrogen-bond acceptors (Lipinski definition) is 4. The summed E-state index contributed by atoms with van der Waals surface area (Å²) in [5.41, 5.74) is 1.98. The number of halogens is 2. The predicted molar refractivity (Wildman–Crippen MR) is 89.7 cm³/mol. The smallest absolute Gasteiger partial charge is 0.338 e. The molecule has 7 heteroatoms. The van der Waals surface area contributed by atoms with Crippen LogP contribution in [0.25, 0.3) is 0 Å². The average Bonchev–Trinajstić information content (AvgIpc) is 2.49. The Hall–Kier alpha value is -1.73. The van der Waals surface area contributed by atoms with E-state index in [1.54, 1.807) is 0 Å². The molecule has 0 atom stereocenters. The van der Waals surface area contributed by atoms with Gasteiger partial charge in [0.1, 0.15) is 0 Å². The van der Waals surface area contributed by atoms with Crippen LogP contribution in [0.4, 0.5) is 5.69 Å². The van der Waals surface area contributed by atoms with E-state index in [0.717, 1.165) is 14.5 Å². The Kier molecular flexibility index (Phi) is 5.68. The van der Waals surface area contributed by atoms with Crippen LogP contribution in [0.2, 0.25) is 0 Å². The van der Waals surface area contributed by atoms with E-state index in [4.69, 9.17) is 4.74 Å². The molecule has 1 aromatic heterocycles. The Morgan fingerprint density at radius 2 is 1.77 bits per heavy atom. The number of aromatic nitrogens is 1. The molecular weight excluding hydrogens is 416 g/mol. The average molecular weight is 428 g/mol. The fraction of sp³-hybridized carbons (Fsp3) is 0.133. The lowest BCUT2D eigenvalue weighted by atomic mass is 10.2. The fourth-order valence-corrected chi connectivity index (χ4v) is 3.31. The van der Waals surface area contributed by atoms with Gasteiger partial charge in [-0.3, -0.25) is 9.78 Å². The number of ether oxygens (including phenoxy) is 1. The zero-order valence-corrected chi connectivity index (χ0v) is 14.8. The molecular formula is C15H12Br2N2O3. The molecule has 0 aliphatic heterocycles. The largest absolute Gasteiger partial charge is 0.452 e. The Labute approximate surface area is 144 Å². The van der Waals surface area contributed by atoms with Gasteiger partial charge in [-0.15, -0.1) is 0 Å². The van der Waals surface area contributed by atoms with E-state index >= 15 is 0 Å². The van der Waals surface area contributed by atoms with E-state index in [9.17, 15) is 9.59 Å². The lowest BCUT2D eigenvalue weighted by molar-refractivity contribution is -0.119. The normalized spacial score (nSPS) is 10.1. The quantitative estimate of drug-likeness (QED) is 0.755. The van der Waals surface area contributed by atoms with Gasteiger partial charge in [0.25, 0.3) is 5.91 Å². The third-order valence-electron chi connectivity index (χ3n) is 2.70. The van der Waals surface area contributed by atoms with Crippen LogP contribution in [0.15, 0.2) is 45.6 Å². The maximum atomic E-state index is 11.9. The molecule has 0 fully saturated rings. The molecule has 1 heterocycles. The number of nitrogens with zero attached hydrogens (tertiary/aromatic N) is 1. The summed E-state index contributed by atoms with van der Waals surface area (Å²) in [5, 5.41) is 2.69. The van der Waals surface area contributed by atoms with Crippen molar-refractivity contribution in [2.45, 2.75) is 6.92 Å². The maximum Gasteiger partial charge on any atom is 0.338 e. The molecule has 0 unspecified atom stereocenters. The first-order valence-electron chi connectivity index (χ1n) is 6.30. The molecule has 0 aliphatic rings. The highest BCUT2D eigenvalue weighted by atomic mass is 79.9. The van der Waals surface area contributed by atoms with Crippen LogP contribution in [0.3, 0.4) is 0 Å². The van der Waals surface area contributed by atoms with E-state index in [1.807, 2.05) is 19.1 Å². The number of carbonyl (C=O) groups excluding carboxylic acids is 2. The third kappa shape index (κ3) is 4.38. The van der Waals surface area contributed by atoms with Crippen LogP contribution in [0, 0.1) is 6.92 Å². The van der Waals surface area contributed by atoms with Crippen molar-refractivity contribution >= 4 is 49.4 Å². The molecule has 5 nitrogen and oxygen atoms in total. The van der Waals surface area contributed by atoms with E-state index in [2.05, 4.69) is 42.2 Å². The summed E-state index contributed by atoms with van der Waals surface area (Å²) < 4.78 is 6.44. The molecule has 114 valence electrons. The van der Waals surface area contributed by atoms with Crippen molar-refractivity contribution in [3.8, 4) is 0 Å². The first-order valence-corrected chi connectivity index (χ1v) is 7.88. The van der Waals surface area contributed by atoms with Crippen LogP contribution in [-0.4, -0.2) is 23.5 Å². The van der Waals surface area contributed by atoms with Crippen molar-refractivity contribution in [3.63, 3.8) is 0 Å². The molecule has 0 bridgehead atoms. The SMILES string of the molecule is Cc1cc(Br)c(NC(=O)COC(=O)c2ccncc2)c(Br)c1. The highest BCUT2D eigenvalue weighted by molar-refractivity contribution is 9.11. The van der Waals surface area contributed by atoms with Crippen molar-refractivity contribution in [2.75, 3.05) is 11.9 Å². The predicted octanol–water partition coefficient (Wildman–Crippen LogP) is 3.71. The molecule has 1 N–H and O–H groups in total. The van der Waals surface area contributed by atoms with Crippen LogP contribution in [0.5, 0.6) is 0 Å². The number of rotatable bonds is 4. The molecule has 0 aliphatic carbocycles. The Balaban J connectivity index is 1.95. The number of esters is 1. The molecule has 22 heavy (non-hydrogen) atoms. The summed E-state index contributed by atoms with van der Waals surface area (Å²) in [6.07, 6.45) is 2.97. The molecule has 0 radical (unpaired) electrons. The number of pyridine rings is 1. The topological polar surface area (TPSA) is 68.3 Å². The number of aryl methyl sites for hydroxylation is 1. The second-order valence-electron chi connectivity index (χ2n) is 4.46. The van der Waals surface area contributed by atoms with Gasteiger partial charge in [0.15, 0.2) is 6.61 Å². The zero-order valence-electron chi connectivity index (χ0n) is 11.6. The standard InChI is InChI=1S/C15H12Br2N2O3/c1-9-6-11(16)14(12(17)7-9)19-13(20)8-22-15(21)10-2-4-18-5-3-10/h2-7H,8H2,1H3,(H,19,20). The number of benzene rings is 1. The van der Waals surface area contributed by atoms with Crippen LogP contribution < -0.4 is 5.32 Å². The van der Waals surface area contributed by atoms with Crippen molar-refractivity contribution in [2.24, 2.45) is 0 Å². The number of anilines is 1. The summed E-state index contributed by atoms with van der Waals surface area (Å²) in [6, 6.07) is 6.80. The number of nitrogens with one attached hydrogen (secondary N) is 1. The maximum absolute atomic E-state index is 11.9. The van der Waals surface area contributed by atoms with Crippen molar-refractivity contribution in [1.82, 2.24) is 4.98 Å². The first-order chi connectivity index (χ1) is 10.5.